The van der Waals surface area contributed by atoms with Crippen molar-refractivity contribution < 1.29 is 48.5 Å². The molecule has 2 N–H and O–H groups in total. The summed E-state index contributed by atoms with van der Waals surface area (Å²) in [4.78, 5) is 73.5. The zero-order chi connectivity index (χ0) is 37.9. The highest BCUT2D eigenvalue weighted by atomic mass is 16.5. The average molecular weight is 735 g/mol. The van der Waals surface area contributed by atoms with Crippen molar-refractivity contribution in [1.29, 1.82) is 0 Å². The number of nitrogens with zero attached hydrogens (tertiary/aromatic N) is 2. The van der Waals surface area contributed by atoms with Crippen LogP contribution in [0.5, 0.6) is 0 Å². The van der Waals surface area contributed by atoms with Crippen LogP contribution in [0.25, 0.3) is 0 Å². The molecule has 0 radical (unpaired) electrons. The standard InChI is InChI=1S/C15H25NO3.C14H23NO3.C11H18O4/c1-19-15(18)13(12-7-3-2-4-8-12)11-14(17)16-9-5-6-10-16;16-13(15-8-4-5-9-15)10-12(14(17)18)11-6-2-1-3-7-11;1-15-11(14)9(7-10(12)13)8-5-3-2-4-6-8/h12-13H,2-11H2,1H3;11-12H,1-10H2,(H,17,18);8-9H,2-7H2,1H3,(H,12,13)/t13-;12-;9-/m000/s1. The van der Waals surface area contributed by atoms with E-state index in [2.05, 4.69) is 4.74 Å². The summed E-state index contributed by atoms with van der Waals surface area (Å²) in [6.45, 7) is 3.35. The van der Waals surface area contributed by atoms with Gasteiger partial charge >= 0.3 is 23.9 Å². The minimum absolute atomic E-state index is 0.0467. The van der Waals surface area contributed by atoms with Crippen LogP contribution >= 0.6 is 0 Å². The first kappa shape index (κ1) is 43.2. The molecule has 12 heteroatoms. The minimum atomic E-state index is -0.920. The van der Waals surface area contributed by atoms with E-state index in [4.69, 9.17) is 9.84 Å². The van der Waals surface area contributed by atoms with Gasteiger partial charge in [-0.05, 0) is 82.0 Å². The molecule has 3 atom stereocenters. The van der Waals surface area contributed by atoms with Crippen molar-refractivity contribution in [2.24, 2.45) is 35.5 Å². The molecule has 3 saturated carbocycles. The minimum Gasteiger partial charge on any atom is -0.481 e. The summed E-state index contributed by atoms with van der Waals surface area (Å²) in [5.74, 6) is -2.47. The zero-order valence-corrected chi connectivity index (χ0v) is 31.9. The van der Waals surface area contributed by atoms with Crippen molar-refractivity contribution in [1.82, 2.24) is 9.80 Å². The monoisotopic (exact) mass is 734 g/mol. The Labute approximate surface area is 310 Å². The molecule has 3 aliphatic carbocycles. The SMILES string of the molecule is COC(=O)[C@@H](CC(=O)N1CCCC1)C1CCCCC1.COC(=O)[C@@H](CC(=O)O)C1CCCCC1.O=C(O)[C@@H](CC(=O)N1CCCC1)C1CCCCC1. The molecule has 52 heavy (non-hydrogen) atoms. The normalized spacial score (nSPS) is 21.7. The summed E-state index contributed by atoms with van der Waals surface area (Å²) in [5.41, 5.74) is 0. The van der Waals surface area contributed by atoms with Gasteiger partial charge in [0.25, 0.3) is 0 Å². The molecule has 5 aliphatic rings. The van der Waals surface area contributed by atoms with E-state index in [0.29, 0.717) is 12.3 Å². The smallest absolute Gasteiger partial charge is 0.309 e. The third-order valence-electron chi connectivity index (χ3n) is 12.1. The van der Waals surface area contributed by atoms with Crippen LogP contribution in [0.2, 0.25) is 0 Å². The molecular weight excluding hydrogens is 668 g/mol. The van der Waals surface area contributed by atoms with Crippen molar-refractivity contribution in [2.45, 2.75) is 141 Å². The van der Waals surface area contributed by atoms with Crippen molar-refractivity contribution in [3.63, 3.8) is 0 Å². The fraction of sp³-hybridized carbons (Fsp3) is 0.850. The number of esters is 2. The number of ether oxygens (including phenoxy) is 2. The number of carbonyl (C=O) groups is 6. The lowest BCUT2D eigenvalue weighted by Gasteiger charge is -2.29. The molecule has 2 saturated heterocycles. The molecule has 0 spiro atoms. The van der Waals surface area contributed by atoms with Crippen molar-refractivity contribution in [3.05, 3.63) is 0 Å². The molecule has 2 aliphatic heterocycles. The molecule has 5 fully saturated rings. The maximum absolute atomic E-state index is 12.2. The Morgan fingerprint density at radius 2 is 0.788 bits per heavy atom. The highest BCUT2D eigenvalue weighted by Crippen LogP contribution is 2.35. The first-order chi connectivity index (χ1) is 25.0. The molecule has 296 valence electrons. The van der Waals surface area contributed by atoms with E-state index in [1.165, 1.54) is 46.3 Å². The zero-order valence-electron chi connectivity index (χ0n) is 31.9. The van der Waals surface area contributed by atoms with Crippen LogP contribution in [0.15, 0.2) is 0 Å². The number of aliphatic carboxylic acids is 2. The number of hydrogen-bond acceptors (Lipinski definition) is 8. The number of rotatable bonds is 12. The van der Waals surface area contributed by atoms with Gasteiger partial charge in [-0.2, -0.15) is 0 Å². The fourth-order valence-corrected chi connectivity index (χ4v) is 9.01. The summed E-state index contributed by atoms with van der Waals surface area (Å²) in [7, 11) is 2.75. The van der Waals surface area contributed by atoms with Gasteiger partial charge in [-0.15, -0.1) is 0 Å². The molecular formula is C40H66N2O10. The van der Waals surface area contributed by atoms with Gasteiger partial charge < -0.3 is 29.5 Å². The maximum Gasteiger partial charge on any atom is 0.309 e. The second kappa shape index (κ2) is 23.5. The first-order valence-corrected chi connectivity index (χ1v) is 20.2. The summed E-state index contributed by atoms with van der Waals surface area (Å²) in [6, 6.07) is 0. The summed E-state index contributed by atoms with van der Waals surface area (Å²) in [6.07, 6.45) is 21.2. The number of hydrogen-bond donors (Lipinski definition) is 2. The maximum atomic E-state index is 12.2. The summed E-state index contributed by atoms with van der Waals surface area (Å²) < 4.78 is 9.58. The Balaban J connectivity index is 0.000000212. The van der Waals surface area contributed by atoms with E-state index < -0.39 is 23.8 Å². The van der Waals surface area contributed by atoms with Crippen LogP contribution in [-0.4, -0.2) is 96.1 Å². The van der Waals surface area contributed by atoms with Crippen LogP contribution < -0.4 is 0 Å². The molecule has 12 nitrogen and oxygen atoms in total. The molecule has 0 bridgehead atoms. The molecule has 2 amide bonds. The number of methoxy groups -OCH3 is 2. The quantitative estimate of drug-likeness (QED) is 0.212. The highest BCUT2D eigenvalue weighted by molar-refractivity contribution is 5.84. The number of amides is 2. The van der Waals surface area contributed by atoms with E-state index in [0.717, 1.165) is 116 Å². The number of carboxylic acids is 2. The Bertz CT molecular complexity index is 1130. The predicted octanol–water partition coefficient (Wildman–Crippen LogP) is 6.48. The number of likely N-dealkylation sites (tertiary alicyclic amines) is 2. The van der Waals surface area contributed by atoms with Gasteiger partial charge in [0.15, 0.2) is 0 Å². The largest absolute Gasteiger partial charge is 0.481 e. The topological polar surface area (TPSA) is 168 Å². The van der Waals surface area contributed by atoms with E-state index in [1.807, 2.05) is 9.80 Å². The third kappa shape index (κ3) is 14.3. The Morgan fingerprint density at radius 1 is 0.481 bits per heavy atom. The van der Waals surface area contributed by atoms with Gasteiger partial charge in [-0.1, -0.05) is 57.8 Å². The van der Waals surface area contributed by atoms with E-state index in [1.54, 1.807) is 0 Å². The van der Waals surface area contributed by atoms with Gasteiger partial charge in [0, 0.05) is 39.0 Å². The van der Waals surface area contributed by atoms with E-state index >= 15 is 0 Å². The Hall–Kier alpha value is -3.18. The molecule has 0 aromatic rings. The molecule has 0 aromatic heterocycles. The Morgan fingerprint density at radius 3 is 1.10 bits per heavy atom. The average Bonchev–Trinajstić information content (AvgIpc) is 3.92. The van der Waals surface area contributed by atoms with Crippen LogP contribution in [0.4, 0.5) is 0 Å². The molecule has 2 heterocycles. The van der Waals surface area contributed by atoms with Crippen LogP contribution in [0.3, 0.4) is 0 Å². The van der Waals surface area contributed by atoms with Crippen LogP contribution in [-0.2, 0) is 38.2 Å². The van der Waals surface area contributed by atoms with Crippen LogP contribution in [0, 0.1) is 35.5 Å². The van der Waals surface area contributed by atoms with Crippen LogP contribution in [0.1, 0.15) is 141 Å². The lowest BCUT2D eigenvalue weighted by Crippen LogP contribution is -2.35. The highest BCUT2D eigenvalue weighted by Gasteiger charge is 2.35. The second-order valence-corrected chi connectivity index (χ2v) is 15.6. The summed E-state index contributed by atoms with van der Waals surface area (Å²) in [5, 5.41) is 18.1. The molecule has 0 aromatic carbocycles. The lowest BCUT2D eigenvalue weighted by molar-refractivity contribution is -0.153. The van der Waals surface area contributed by atoms with Gasteiger partial charge in [0.2, 0.25) is 11.8 Å². The Kier molecular flexibility index (Phi) is 19.5. The molecule has 5 rings (SSSR count). The predicted molar refractivity (Wildman–Crippen MR) is 195 cm³/mol. The van der Waals surface area contributed by atoms with E-state index in [-0.39, 0.29) is 54.3 Å². The van der Waals surface area contributed by atoms with Gasteiger partial charge in [-0.3, -0.25) is 28.8 Å². The van der Waals surface area contributed by atoms with E-state index in [9.17, 15) is 33.9 Å². The fourth-order valence-electron chi connectivity index (χ4n) is 9.01. The number of carboxylic acid groups (broad SMARTS) is 2. The second-order valence-electron chi connectivity index (χ2n) is 15.6. The van der Waals surface area contributed by atoms with Crippen molar-refractivity contribution >= 4 is 35.7 Å². The van der Waals surface area contributed by atoms with Gasteiger partial charge in [0.1, 0.15) is 0 Å². The first-order valence-electron chi connectivity index (χ1n) is 20.2. The molecule has 0 unspecified atom stereocenters. The third-order valence-corrected chi connectivity index (χ3v) is 12.1. The van der Waals surface area contributed by atoms with Crippen molar-refractivity contribution in [3.8, 4) is 0 Å². The summed E-state index contributed by atoms with van der Waals surface area (Å²) >= 11 is 0. The van der Waals surface area contributed by atoms with Gasteiger partial charge in [-0.25, -0.2) is 0 Å². The number of carbonyl (C=O) groups excluding carboxylic acids is 4. The van der Waals surface area contributed by atoms with Gasteiger partial charge in [0.05, 0.1) is 38.4 Å². The lowest BCUT2D eigenvalue weighted by atomic mass is 9.78. The van der Waals surface area contributed by atoms with Crippen molar-refractivity contribution in [2.75, 3.05) is 40.4 Å².